The fourth-order valence-electron chi connectivity index (χ4n) is 4.64. The van der Waals surface area contributed by atoms with Crippen molar-refractivity contribution in [1.29, 1.82) is 5.26 Å². The van der Waals surface area contributed by atoms with Crippen LogP contribution in [0.5, 0.6) is 0 Å². The summed E-state index contributed by atoms with van der Waals surface area (Å²) in [7, 11) is 3.67. The molecule has 182 valence electrons. The zero-order chi connectivity index (χ0) is 24.9. The van der Waals surface area contributed by atoms with Crippen LogP contribution in [0, 0.1) is 17.2 Å². The number of rotatable bonds is 7. The van der Waals surface area contributed by atoms with Crippen LogP contribution in [0.4, 0.5) is 17.2 Å². The van der Waals surface area contributed by atoms with Gasteiger partial charge in [0.15, 0.2) is 5.78 Å². The molecule has 8 nitrogen and oxygen atoms in total. The number of hydrogen-bond acceptors (Lipinski definition) is 7. The molecule has 4 rings (SSSR count). The summed E-state index contributed by atoms with van der Waals surface area (Å²) in [5.41, 5.74) is 2.83. The molecule has 0 spiro atoms. The van der Waals surface area contributed by atoms with Crippen LogP contribution < -0.4 is 20.0 Å². The van der Waals surface area contributed by atoms with E-state index in [-0.39, 0.29) is 30.1 Å². The molecule has 2 aliphatic heterocycles. The number of aromatic nitrogens is 1. The van der Waals surface area contributed by atoms with Gasteiger partial charge in [-0.2, -0.15) is 5.26 Å². The standard InChI is InChI=1S/C27H32N6O2/c1-19-12-14-33(15-13-19)25-10-8-20(17-29-25)18-30-26(35)11-9-24(34)21(16-28)27-31(2)22-6-4-5-7-23(22)32(27)3/h4-8,10,17,19H,9,11-15,18H2,1-3H3,(H,30,35). The van der Waals surface area contributed by atoms with Crippen molar-refractivity contribution < 1.29 is 9.59 Å². The van der Waals surface area contributed by atoms with Crippen molar-refractivity contribution in [2.24, 2.45) is 5.92 Å². The number of pyridine rings is 1. The molecule has 1 fully saturated rings. The molecule has 35 heavy (non-hydrogen) atoms. The fourth-order valence-corrected chi connectivity index (χ4v) is 4.64. The van der Waals surface area contributed by atoms with E-state index in [9.17, 15) is 14.9 Å². The van der Waals surface area contributed by atoms with Gasteiger partial charge in [0.2, 0.25) is 5.91 Å². The summed E-state index contributed by atoms with van der Waals surface area (Å²) in [6.07, 6.45) is 4.15. The number of amides is 1. The number of allylic oxidation sites excluding steroid dienone is 1. The number of carbonyl (C=O) groups excluding carboxylic acids is 2. The number of fused-ring (bicyclic) bond motifs is 1. The Morgan fingerprint density at radius 2 is 1.71 bits per heavy atom. The number of nitrogens with one attached hydrogen (secondary N) is 1. The molecule has 0 radical (unpaired) electrons. The number of para-hydroxylation sites is 2. The van der Waals surface area contributed by atoms with E-state index in [1.807, 2.05) is 60.3 Å². The number of nitriles is 1. The Labute approximate surface area is 206 Å². The van der Waals surface area contributed by atoms with Crippen LogP contribution >= 0.6 is 0 Å². The highest BCUT2D eigenvalue weighted by Gasteiger charge is 2.31. The molecule has 8 heteroatoms. The number of benzene rings is 1. The molecule has 0 saturated carbocycles. The van der Waals surface area contributed by atoms with Crippen LogP contribution in [0.25, 0.3) is 0 Å². The van der Waals surface area contributed by atoms with Gasteiger partial charge in [-0.25, -0.2) is 4.98 Å². The Kier molecular flexibility index (Phi) is 7.35. The molecular formula is C27H32N6O2. The first-order chi connectivity index (χ1) is 16.9. The number of anilines is 3. The lowest BCUT2D eigenvalue weighted by Gasteiger charge is -2.31. The molecule has 2 aromatic rings. The molecule has 0 unspecified atom stereocenters. The van der Waals surface area contributed by atoms with Gasteiger partial charge in [-0.1, -0.05) is 25.1 Å². The van der Waals surface area contributed by atoms with E-state index in [0.717, 1.165) is 41.8 Å². The van der Waals surface area contributed by atoms with E-state index >= 15 is 0 Å². The van der Waals surface area contributed by atoms with Crippen LogP contribution in [0.1, 0.15) is 38.2 Å². The predicted molar refractivity (Wildman–Crippen MR) is 137 cm³/mol. The molecule has 0 bridgehead atoms. The topological polar surface area (TPSA) is 92.6 Å². The first-order valence-corrected chi connectivity index (χ1v) is 12.1. The second-order valence-corrected chi connectivity index (χ2v) is 9.31. The molecule has 0 atom stereocenters. The predicted octanol–water partition coefficient (Wildman–Crippen LogP) is 3.60. The average molecular weight is 473 g/mol. The quantitative estimate of drug-likeness (QED) is 0.486. The summed E-state index contributed by atoms with van der Waals surface area (Å²) in [5, 5.41) is 12.6. The molecule has 1 N–H and O–H groups in total. The number of nitrogens with zero attached hydrogens (tertiary/aromatic N) is 5. The van der Waals surface area contributed by atoms with Crippen molar-refractivity contribution in [2.75, 3.05) is 41.9 Å². The average Bonchev–Trinajstić information content (AvgIpc) is 3.13. The lowest BCUT2D eigenvalue weighted by molar-refractivity contribution is -0.124. The maximum absolute atomic E-state index is 12.9. The second kappa shape index (κ2) is 10.6. The van der Waals surface area contributed by atoms with Crippen molar-refractivity contribution in [1.82, 2.24) is 10.3 Å². The van der Waals surface area contributed by atoms with Gasteiger partial charge < -0.3 is 20.0 Å². The van der Waals surface area contributed by atoms with E-state index in [2.05, 4.69) is 28.2 Å². The van der Waals surface area contributed by atoms with Crippen molar-refractivity contribution in [3.63, 3.8) is 0 Å². The summed E-state index contributed by atoms with van der Waals surface area (Å²) in [5.74, 6) is 1.70. The second-order valence-electron chi connectivity index (χ2n) is 9.31. The van der Waals surface area contributed by atoms with Crippen molar-refractivity contribution >= 4 is 28.9 Å². The highest BCUT2D eigenvalue weighted by molar-refractivity contribution is 6.03. The summed E-state index contributed by atoms with van der Waals surface area (Å²) < 4.78 is 0. The maximum atomic E-state index is 12.9. The zero-order valence-electron chi connectivity index (χ0n) is 20.6. The van der Waals surface area contributed by atoms with Gasteiger partial charge in [0.25, 0.3) is 0 Å². The third-order valence-corrected chi connectivity index (χ3v) is 6.84. The van der Waals surface area contributed by atoms with Crippen molar-refractivity contribution in [3.8, 4) is 6.07 Å². The van der Waals surface area contributed by atoms with Crippen LogP contribution in [-0.2, 0) is 16.1 Å². The Hall–Kier alpha value is -3.86. The maximum Gasteiger partial charge on any atom is 0.220 e. The summed E-state index contributed by atoms with van der Waals surface area (Å²) in [6.45, 7) is 4.69. The lowest BCUT2D eigenvalue weighted by atomic mass is 9.99. The van der Waals surface area contributed by atoms with Gasteiger partial charge in [-0.3, -0.25) is 9.59 Å². The molecule has 3 heterocycles. The Balaban J connectivity index is 1.30. The number of hydrogen-bond donors (Lipinski definition) is 1. The van der Waals surface area contributed by atoms with Gasteiger partial charge in [0.05, 0.1) is 11.4 Å². The largest absolute Gasteiger partial charge is 0.357 e. The van der Waals surface area contributed by atoms with E-state index in [1.54, 1.807) is 6.20 Å². The third kappa shape index (κ3) is 5.29. The van der Waals surface area contributed by atoms with E-state index < -0.39 is 0 Å². The summed E-state index contributed by atoms with van der Waals surface area (Å²) in [4.78, 5) is 35.8. The minimum absolute atomic E-state index is 0.0230. The molecular weight excluding hydrogens is 440 g/mol. The Morgan fingerprint density at radius 1 is 1.06 bits per heavy atom. The van der Waals surface area contributed by atoms with Gasteiger partial charge in [0, 0.05) is 52.8 Å². The monoisotopic (exact) mass is 472 g/mol. The highest BCUT2D eigenvalue weighted by Crippen LogP contribution is 2.40. The first kappa shape index (κ1) is 24.3. The highest BCUT2D eigenvalue weighted by atomic mass is 16.2. The normalized spacial score (nSPS) is 15.6. The van der Waals surface area contributed by atoms with E-state index in [1.165, 1.54) is 12.8 Å². The minimum Gasteiger partial charge on any atom is -0.357 e. The molecule has 0 aliphatic carbocycles. The molecule has 1 aromatic heterocycles. The Morgan fingerprint density at radius 3 is 2.29 bits per heavy atom. The van der Waals surface area contributed by atoms with Gasteiger partial charge in [-0.05, 0) is 42.5 Å². The van der Waals surface area contributed by atoms with Crippen LogP contribution in [0.3, 0.4) is 0 Å². The van der Waals surface area contributed by atoms with Gasteiger partial charge >= 0.3 is 0 Å². The lowest BCUT2D eigenvalue weighted by Crippen LogP contribution is -2.33. The third-order valence-electron chi connectivity index (χ3n) is 6.84. The summed E-state index contributed by atoms with van der Waals surface area (Å²) in [6, 6.07) is 13.8. The van der Waals surface area contributed by atoms with Crippen molar-refractivity contribution in [2.45, 2.75) is 39.2 Å². The number of carbonyl (C=O) groups is 2. The SMILES string of the molecule is CC1CCN(c2ccc(CNC(=O)CCC(=O)C(C#N)=C3N(C)c4ccccc4N3C)cn2)CC1. The minimum atomic E-state index is -0.342. The van der Waals surface area contributed by atoms with E-state index in [4.69, 9.17) is 0 Å². The molecule has 2 aliphatic rings. The van der Waals surface area contributed by atoms with Gasteiger partial charge in [0.1, 0.15) is 23.3 Å². The summed E-state index contributed by atoms with van der Waals surface area (Å²) >= 11 is 0. The molecule has 1 amide bonds. The van der Waals surface area contributed by atoms with E-state index in [0.29, 0.717) is 12.4 Å². The van der Waals surface area contributed by atoms with Gasteiger partial charge in [-0.15, -0.1) is 0 Å². The van der Waals surface area contributed by atoms with Crippen molar-refractivity contribution in [3.05, 3.63) is 59.6 Å². The number of Topliss-reactive ketones (excluding diaryl/α,β-unsaturated/α-hetero) is 1. The van der Waals surface area contributed by atoms with Crippen LogP contribution in [0.15, 0.2) is 54.0 Å². The number of piperidine rings is 1. The smallest absolute Gasteiger partial charge is 0.220 e. The number of ketones is 1. The Bertz CT molecular complexity index is 1130. The van der Waals surface area contributed by atoms with Crippen LogP contribution in [-0.4, -0.2) is 43.9 Å². The molecule has 1 aromatic carbocycles. The van der Waals surface area contributed by atoms with Crippen LogP contribution in [0.2, 0.25) is 0 Å². The first-order valence-electron chi connectivity index (χ1n) is 12.1. The molecule has 1 saturated heterocycles. The zero-order valence-corrected chi connectivity index (χ0v) is 20.6. The fraction of sp³-hybridized carbons (Fsp3) is 0.407.